The van der Waals surface area contributed by atoms with Crippen LogP contribution >= 0.6 is 31.9 Å². The van der Waals surface area contributed by atoms with Crippen LogP contribution in [0.5, 0.6) is 0 Å². The summed E-state index contributed by atoms with van der Waals surface area (Å²) in [5, 5.41) is 3.07. The van der Waals surface area contributed by atoms with E-state index in [4.69, 9.17) is 0 Å². The van der Waals surface area contributed by atoms with E-state index in [1.54, 1.807) is 12.3 Å². The van der Waals surface area contributed by atoms with Crippen LogP contribution in [-0.4, -0.2) is 4.98 Å². The van der Waals surface area contributed by atoms with Gasteiger partial charge in [0.1, 0.15) is 11.6 Å². The number of pyridine rings is 1. The van der Waals surface area contributed by atoms with Crippen LogP contribution in [0.15, 0.2) is 39.4 Å². The summed E-state index contributed by atoms with van der Waals surface area (Å²) in [6.45, 7) is 1.91. The van der Waals surface area contributed by atoms with Crippen molar-refractivity contribution in [2.75, 3.05) is 5.32 Å². The predicted octanol–water partition coefficient (Wildman–Crippen LogP) is 4.80. The van der Waals surface area contributed by atoms with Crippen LogP contribution in [0.1, 0.15) is 5.56 Å². The first kappa shape index (κ1) is 12.5. The van der Waals surface area contributed by atoms with Crippen LogP contribution < -0.4 is 5.32 Å². The van der Waals surface area contributed by atoms with Crippen molar-refractivity contribution in [2.24, 2.45) is 0 Å². The highest BCUT2D eigenvalue weighted by atomic mass is 79.9. The molecule has 0 saturated heterocycles. The zero-order chi connectivity index (χ0) is 12.4. The van der Waals surface area contributed by atoms with E-state index in [2.05, 4.69) is 42.2 Å². The summed E-state index contributed by atoms with van der Waals surface area (Å²) in [5.41, 5.74) is 1.66. The minimum atomic E-state index is -0.296. The fourth-order valence-electron chi connectivity index (χ4n) is 1.37. The molecule has 0 saturated carbocycles. The minimum Gasteiger partial charge on any atom is -0.340 e. The number of nitrogens with one attached hydrogen (secondary N) is 1. The molecule has 2 rings (SSSR count). The SMILES string of the molecule is Cc1cc(Br)c(F)cc1Nc1ccc(Br)cn1. The van der Waals surface area contributed by atoms with Crippen molar-refractivity contribution in [1.82, 2.24) is 4.98 Å². The molecule has 0 aliphatic rings. The van der Waals surface area contributed by atoms with Gasteiger partial charge in [0.25, 0.3) is 0 Å². The van der Waals surface area contributed by atoms with Gasteiger partial charge in [-0.15, -0.1) is 0 Å². The molecule has 0 atom stereocenters. The zero-order valence-electron chi connectivity index (χ0n) is 8.97. The van der Waals surface area contributed by atoms with Crippen molar-refractivity contribution in [2.45, 2.75) is 6.92 Å². The number of aryl methyl sites for hydroxylation is 1. The molecule has 1 N–H and O–H groups in total. The Morgan fingerprint density at radius 3 is 2.65 bits per heavy atom. The van der Waals surface area contributed by atoms with Gasteiger partial charge in [0.05, 0.1) is 4.47 Å². The maximum atomic E-state index is 13.4. The highest BCUT2D eigenvalue weighted by Gasteiger charge is 2.05. The van der Waals surface area contributed by atoms with Crippen molar-refractivity contribution in [3.8, 4) is 0 Å². The summed E-state index contributed by atoms with van der Waals surface area (Å²) < 4.78 is 14.8. The minimum absolute atomic E-state index is 0.296. The van der Waals surface area contributed by atoms with Crippen LogP contribution in [0.3, 0.4) is 0 Å². The molecule has 5 heteroatoms. The van der Waals surface area contributed by atoms with Crippen LogP contribution in [0.25, 0.3) is 0 Å². The maximum Gasteiger partial charge on any atom is 0.139 e. The normalized spacial score (nSPS) is 10.4. The Bertz CT molecular complexity index is 541. The summed E-state index contributed by atoms with van der Waals surface area (Å²) in [5.74, 6) is 0.383. The number of hydrogen-bond donors (Lipinski definition) is 1. The third-order valence-corrected chi connectivity index (χ3v) is 3.33. The molecule has 2 aromatic rings. The number of nitrogens with zero attached hydrogens (tertiary/aromatic N) is 1. The monoisotopic (exact) mass is 358 g/mol. The molecule has 88 valence electrons. The van der Waals surface area contributed by atoms with Gasteiger partial charge in [0.2, 0.25) is 0 Å². The lowest BCUT2D eigenvalue weighted by Crippen LogP contribution is -1.96. The lowest BCUT2D eigenvalue weighted by atomic mass is 10.2. The van der Waals surface area contributed by atoms with E-state index < -0.39 is 0 Å². The van der Waals surface area contributed by atoms with Gasteiger partial charge in [-0.05, 0) is 68.6 Å². The third kappa shape index (κ3) is 3.04. The lowest BCUT2D eigenvalue weighted by molar-refractivity contribution is 0.621. The molecular weight excluding hydrogens is 351 g/mol. The number of halogens is 3. The van der Waals surface area contributed by atoms with E-state index in [1.165, 1.54) is 6.07 Å². The van der Waals surface area contributed by atoms with Crippen LogP contribution in [0.4, 0.5) is 15.9 Å². The average Bonchev–Trinajstić information content (AvgIpc) is 2.29. The third-order valence-electron chi connectivity index (χ3n) is 2.26. The summed E-state index contributed by atoms with van der Waals surface area (Å²) in [6, 6.07) is 6.88. The summed E-state index contributed by atoms with van der Waals surface area (Å²) in [6.07, 6.45) is 1.69. The number of aromatic nitrogens is 1. The number of hydrogen-bond acceptors (Lipinski definition) is 2. The molecule has 0 unspecified atom stereocenters. The second-order valence-corrected chi connectivity index (χ2v) is 5.34. The van der Waals surface area contributed by atoms with Crippen molar-refractivity contribution in [1.29, 1.82) is 0 Å². The molecular formula is C12H9Br2FN2. The van der Waals surface area contributed by atoms with E-state index in [0.717, 1.165) is 10.0 Å². The van der Waals surface area contributed by atoms with Crippen molar-refractivity contribution in [3.05, 3.63) is 50.8 Å². The topological polar surface area (TPSA) is 24.9 Å². The van der Waals surface area contributed by atoms with E-state index in [0.29, 0.717) is 16.0 Å². The van der Waals surface area contributed by atoms with Crippen LogP contribution in [0.2, 0.25) is 0 Å². The molecule has 1 aromatic heterocycles. The van der Waals surface area contributed by atoms with Gasteiger partial charge in [-0.1, -0.05) is 0 Å². The largest absolute Gasteiger partial charge is 0.340 e. The summed E-state index contributed by atoms with van der Waals surface area (Å²) in [7, 11) is 0. The van der Waals surface area contributed by atoms with Crippen molar-refractivity contribution in [3.63, 3.8) is 0 Å². The molecule has 1 aromatic carbocycles. The van der Waals surface area contributed by atoms with E-state index >= 15 is 0 Å². The Hall–Kier alpha value is -0.940. The van der Waals surface area contributed by atoms with E-state index in [-0.39, 0.29) is 5.82 Å². The predicted molar refractivity (Wildman–Crippen MR) is 74.1 cm³/mol. The number of anilines is 2. The van der Waals surface area contributed by atoms with Crippen molar-refractivity contribution < 1.29 is 4.39 Å². The second-order valence-electron chi connectivity index (χ2n) is 3.57. The van der Waals surface area contributed by atoms with Gasteiger partial charge in [-0.25, -0.2) is 9.37 Å². The summed E-state index contributed by atoms with van der Waals surface area (Å²) >= 11 is 6.46. The van der Waals surface area contributed by atoms with Gasteiger partial charge in [-0.3, -0.25) is 0 Å². The van der Waals surface area contributed by atoms with Gasteiger partial charge in [0, 0.05) is 16.4 Å². The molecule has 0 bridgehead atoms. The molecule has 0 amide bonds. The van der Waals surface area contributed by atoms with Gasteiger partial charge < -0.3 is 5.32 Å². The maximum absolute atomic E-state index is 13.4. The van der Waals surface area contributed by atoms with Gasteiger partial charge in [0.15, 0.2) is 0 Å². The fraction of sp³-hybridized carbons (Fsp3) is 0.0833. The van der Waals surface area contributed by atoms with Gasteiger partial charge >= 0.3 is 0 Å². The molecule has 0 radical (unpaired) electrons. The van der Waals surface area contributed by atoms with Gasteiger partial charge in [-0.2, -0.15) is 0 Å². The van der Waals surface area contributed by atoms with E-state index in [9.17, 15) is 4.39 Å². The second kappa shape index (κ2) is 5.14. The first-order valence-corrected chi connectivity index (χ1v) is 6.49. The molecule has 0 fully saturated rings. The Labute approximate surface area is 116 Å². The van der Waals surface area contributed by atoms with E-state index in [1.807, 2.05) is 19.1 Å². The molecule has 17 heavy (non-hydrogen) atoms. The smallest absolute Gasteiger partial charge is 0.139 e. The molecule has 1 heterocycles. The summed E-state index contributed by atoms with van der Waals surface area (Å²) in [4.78, 5) is 4.17. The Balaban J connectivity index is 2.30. The quantitative estimate of drug-likeness (QED) is 0.833. The zero-order valence-corrected chi connectivity index (χ0v) is 12.1. The first-order valence-electron chi connectivity index (χ1n) is 4.90. The molecule has 0 aliphatic carbocycles. The van der Waals surface area contributed by atoms with Crippen LogP contribution in [0, 0.1) is 12.7 Å². The number of rotatable bonds is 2. The highest BCUT2D eigenvalue weighted by molar-refractivity contribution is 9.10. The highest BCUT2D eigenvalue weighted by Crippen LogP contribution is 2.26. The molecule has 2 nitrogen and oxygen atoms in total. The number of benzene rings is 1. The lowest BCUT2D eigenvalue weighted by Gasteiger charge is -2.09. The Kier molecular flexibility index (Phi) is 3.79. The average molecular weight is 360 g/mol. The molecule has 0 aliphatic heterocycles. The van der Waals surface area contributed by atoms with Crippen LogP contribution in [-0.2, 0) is 0 Å². The Morgan fingerprint density at radius 2 is 2.00 bits per heavy atom. The standard InChI is InChI=1S/C12H9Br2FN2/c1-7-4-9(14)10(15)5-11(7)17-12-3-2-8(13)6-16-12/h2-6H,1H3,(H,16,17). The molecule has 0 spiro atoms. The first-order chi connectivity index (χ1) is 8.06. The van der Waals surface area contributed by atoms with Crippen molar-refractivity contribution >= 4 is 43.4 Å². The Morgan fingerprint density at radius 1 is 1.24 bits per heavy atom. The fourth-order valence-corrected chi connectivity index (χ4v) is 2.06.